The van der Waals surface area contributed by atoms with Crippen molar-refractivity contribution in [3.63, 3.8) is 0 Å². The van der Waals surface area contributed by atoms with Crippen molar-refractivity contribution in [2.24, 2.45) is 0 Å². The van der Waals surface area contributed by atoms with E-state index in [1.54, 1.807) is 13.2 Å². The third-order valence-electron chi connectivity index (χ3n) is 2.88. The van der Waals surface area contributed by atoms with E-state index in [4.69, 9.17) is 9.15 Å². The zero-order chi connectivity index (χ0) is 14.4. The first-order valence-electron chi connectivity index (χ1n) is 6.26. The van der Waals surface area contributed by atoms with E-state index in [2.05, 4.69) is 5.32 Å². The van der Waals surface area contributed by atoms with Gasteiger partial charge in [-0.1, -0.05) is 12.1 Å². The highest BCUT2D eigenvalue weighted by atomic mass is 16.6. The number of hydrogen-bond acceptors (Lipinski definition) is 5. The lowest BCUT2D eigenvalue weighted by Gasteiger charge is -2.04. The minimum Gasteiger partial charge on any atom is -0.497 e. The fourth-order valence-corrected chi connectivity index (χ4v) is 1.80. The van der Waals surface area contributed by atoms with Crippen molar-refractivity contribution in [1.29, 1.82) is 0 Å². The summed E-state index contributed by atoms with van der Waals surface area (Å²) in [4.78, 5) is 9.92. The lowest BCUT2D eigenvalue weighted by molar-refractivity contribution is -0.402. The van der Waals surface area contributed by atoms with Crippen LogP contribution < -0.4 is 10.1 Å². The topological polar surface area (TPSA) is 77.5 Å². The Bertz CT molecular complexity index is 563. The van der Waals surface area contributed by atoms with Crippen LogP contribution in [0.3, 0.4) is 0 Å². The van der Waals surface area contributed by atoms with Gasteiger partial charge in [-0.3, -0.25) is 10.1 Å². The van der Waals surface area contributed by atoms with E-state index in [0.29, 0.717) is 12.3 Å². The molecule has 2 rings (SSSR count). The van der Waals surface area contributed by atoms with E-state index in [0.717, 1.165) is 18.7 Å². The average Bonchev–Trinajstić information content (AvgIpc) is 2.93. The van der Waals surface area contributed by atoms with E-state index >= 15 is 0 Å². The summed E-state index contributed by atoms with van der Waals surface area (Å²) in [5, 5.41) is 13.6. The maximum atomic E-state index is 10.5. The van der Waals surface area contributed by atoms with Gasteiger partial charge < -0.3 is 14.5 Å². The van der Waals surface area contributed by atoms with Crippen molar-refractivity contribution in [2.45, 2.75) is 13.0 Å². The van der Waals surface area contributed by atoms with Gasteiger partial charge in [0.2, 0.25) is 0 Å². The highest BCUT2D eigenvalue weighted by Crippen LogP contribution is 2.15. The predicted molar refractivity (Wildman–Crippen MR) is 73.8 cm³/mol. The second kappa shape index (κ2) is 6.72. The fourth-order valence-electron chi connectivity index (χ4n) is 1.80. The Morgan fingerprint density at radius 3 is 2.60 bits per heavy atom. The largest absolute Gasteiger partial charge is 0.497 e. The molecule has 0 fully saturated rings. The number of nitrogens with one attached hydrogen (secondary N) is 1. The molecule has 0 aliphatic rings. The molecule has 20 heavy (non-hydrogen) atoms. The maximum absolute atomic E-state index is 10.5. The first kappa shape index (κ1) is 14.1. The lowest BCUT2D eigenvalue weighted by Crippen LogP contribution is -2.16. The standard InChI is InChI=1S/C14H16N2O4/c1-19-12-4-2-11(3-5-12)8-9-15-10-13-6-7-14(20-13)16(17)18/h2-7,15H,8-10H2,1H3. The van der Waals surface area contributed by atoms with Crippen molar-refractivity contribution in [2.75, 3.05) is 13.7 Å². The van der Waals surface area contributed by atoms with E-state index in [9.17, 15) is 10.1 Å². The summed E-state index contributed by atoms with van der Waals surface area (Å²) in [6, 6.07) is 10.8. The molecule has 0 radical (unpaired) electrons. The van der Waals surface area contributed by atoms with E-state index in [1.807, 2.05) is 24.3 Å². The van der Waals surface area contributed by atoms with Crippen molar-refractivity contribution < 1.29 is 14.1 Å². The Morgan fingerprint density at radius 1 is 1.25 bits per heavy atom. The summed E-state index contributed by atoms with van der Waals surface area (Å²) in [7, 11) is 1.64. The average molecular weight is 276 g/mol. The van der Waals surface area contributed by atoms with Crippen LogP contribution in [0, 0.1) is 10.1 Å². The fraction of sp³-hybridized carbons (Fsp3) is 0.286. The van der Waals surface area contributed by atoms with Gasteiger partial charge in [0.05, 0.1) is 19.7 Å². The number of nitrogens with zero attached hydrogens (tertiary/aromatic N) is 1. The number of ether oxygens (including phenoxy) is 1. The Labute approximate surface area is 116 Å². The third kappa shape index (κ3) is 3.83. The summed E-state index contributed by atoms with van der Waals surface area (Å²) >= 11 is 0. The monoisotopic (exact) mass is 276 g/mol. The minimum absolute atomic E-state index is 0.225. The normalized spacial score (nSPS) is 10.4. The molecule has 0 spiro atoms. The van der Waals surface area contributed by atoms with Crippen LogP contribution in [0.2, 0.25) is 0 Å². The van der Waals surface area contributed by atoms with Gasteiger partial charge in [-0.05, 0) is 36.7 Å². The molecular weight excluding hydrogens is 260 g/mol. The lowest BCUT2D eigenvalue weighted by atomic mass is 10.1. The van der Waals surface area contributed by atoms with Crippen LogP contribution in [0.15, 0.2) is 40.8 Å². The predicted octanol–water partition coefficient (Wildman–Crippen LogP) is 2.53. The van der Waals surface area contributed by atoms with Gasteiger partial charge >= 0.3 is 5.88 Å². The van der Waals surface area contributed by atoms with Gasteiger partial charge in [0.1, 0.15) is 16.4 Å². The third-order valence-corrected chi connectivity index (χ3v) is 2.88. The molecule has 0 bridgehead atoms. The van der Waals surface area contributed by atoms with Crippen LogP contribution >= 0.6 is 0 Å². The van der Waals surface area contributed by atoms with Crippen LogP contribution in [-0.4, -0.2) is 18.6 Å². The van der Waals surface area contributed by atoms with Crippen molar-refractivity contribution in [1.82, 2.24) is 5.32 Å². The Balaban J connectivity index is 1.73. The quantitative estimate of drug-likeness (QED) is 0.477. The van der Waals surface area contributed by atoms with Crippen LogP contribution in [-0.2, 0) is 13.0 Å². The molecular formula is C14H16N2O4. The van der Waals surface area contributed by atoms with Crippen molar-refractivity contribution in [3.8, 4) is 5.75 Å². The van der Waals surface area contributed by atoms with Gasteiger partial charge in [0, 0.05) is 0 Å². The molecule has 6 heteroatoms. The Kier molecular flexibility index (Phi) is 4.73. The molecule has 6 nitrogen and oxygen atoms in total. The molecule has 0 aliphatic heterocycles. The second-order valence-electron chi connectivity index (χ2n) is 4.27. The number of rotatable bonds is 7. The first-order chi connectivity index (χ1) is 9.69. The summed E-state index contributed by atoms with van der Waals surface area (Å²) in [6.45, 7) is 1.24. The highest BCUT2D eigenvalue weighted by Gasteiger charge is 2.10. The smallest absolute Gasteiger partial charge is 0.433 e. The molecule has 1 aromatic carbocycles. The van der Waals surface area contributed by atoms with Crippen LogP contribution in [0.4, 0.5) is 5.88 Å². The van der Waals surface area contributed by atoms with Crippen molar-refractivity contribution in [3.05, 3.63) is 57.8 Å². The zero-order valence-electron chi connectivity index (χ0n) is 11.2. The molecule has 0 saturated heterocycles. The molecule has 0 atom stereocenters. The van der Waals surface area contributed by atoms with E-state index < -0.39 is 4.92 Å². The maximum Gasteiger partial charge on any atom is 0.433 e. The summed E-state index contributed by atoms with van der Waals surface area (Å²) < 4.78 is 10.1. The molecule has 1 N–H and O–H groups in total. The van der Waals surface area contributed by atoms with E-state index in [-0.39, 0.29) is 5.88 Å². The van der Waals surface area contributed by atoms with E-state index in [1.165, 1.54) is 11.6 Å². The number of benzene rings is 1. The zero-order valence-corrected chi connectivity index (χ0v) is 11.2. The van der Waals surface area contributed by atoms with Gasteiger partial charge in [-0.15, -0.1) is 0 Å². The first-order valence-corrected chi connectivity index (χ1v) is 6.26. The van der Waals surface area contributed by atoms with Crippen LogP contribution in [0.25, 0.3) is 0 Å². The molecule has 0 aliphatic carbocycles. The summed E-state index contributed by atoms with van der Waals surface area (Å²) in [5.74, 6) is 1.17. The summed E-state index contributed by atoms with van der Waals surface area (Å²) in [6.07, 6.45) is 0.868. The van der Waals surface area contributed by atoms with Crippen LogP contribution in [0.1, 0.15) is 11.3 Å². The van der Waals surface area contributed by atoms with Crippen LogP contribution in [0.5, 0.6) is 5.75 Å². The highest BCUT2D eigenvalue weighted by molar-refractivity contribution is 5.27. The summed E-state index contributed by atoms with van der Waals surface area (Å²) in [5.41, 5.74) is 1.20. The Morgan fingerprint density at radius 2 is 2.00 bits per heavy atom. The molecule has 1 aromatic heterocycles. The SMILES string of the molecule is COc1ccc(CCNCc2ccc([N+](=O)[O-])o2)cc1. The minimum atomic E-state index is -0.541. The molecule has 0 amide bonds. The van der Waals surface area contributed by atoms with Gasteiger partial charge in [0.25, 0.3) is 0 Å². The second-order valence-corrected chi connectivity index (χ2v) is 4.27. The molecule has 0 saturated carbocycles. The number of methoxy groups -OCH3 is 1. The number of nitro groups is 1. The molecule has 1 heterocycles. The Hall–Kier alpha value is -2.34. The van der Waals surface area contributed by atoms with Gasteiger partial charge in [-0.2, -0.15) is 0 Å². The number of hydrogen-bond donors (Lipinski definition) is 1. The number of furan rings is 1. The van der Waals surface area contributed by atoms with Gasteiger partial charge in [0.15, 0.2) is 0 Å². The molecule has 2 aromatic rings. The molecule has 0 unspecified atom stereocenters. The van der Waals surface area contributed by atoms with Gasteiger partial charge in [-0.25, -0.2) is 0 Å². The molecule has 106 valence electrons. The van der Waals surface area contributed by atoms with Crippen molar-refractivity contribution >= 4 is 5.88 Å².